The van der Waals surface area contributed by atoms with Crippen LogP contribution in [0.4, 0.5) is 5.69 Å². The molecule has 2 aromatic heterocycles. The number of imidazole rings is 1. The number of sulfonamides is 1. The Morgan fingerprint density at radius 3 is 2.70 bits per heavy atom. The van der Waals surface area contributed by atoms with Crippen molar-refractivity contribution in [3.8, 4) is 0 Å². The highest BCUT2D eigenvalue weighted by molar-refractivity contribution is 7.91. The number of benzene rings is 1. The van der Waals surface area contributed by atoms with E-state index in [1.165, 1.54) is 0 Å². The van der Waals surface area contributed by atoms with Crippen molar-refractivity contribution in [3.63, 3.8) is 0 Å². The van der Waals surface area contributed by atoms with Gasteiger partial charge in [0.2, 0.25) is 10.0 Å². The number of nitrogens with zero attached hydrogens (tertiary/aromatic N) is 2. The Kier molecular flexibility index (Phi) is 3.15. The van der Waals surface area contributed by atoms with Gasteiger partial charge in [-0.25, -0.2) is 13.4 Å². The lowest BCUT2D eigenvalue weighted by Crippen LogP contribution is -2.15. The third-order valence-corrected chi connectivity index (χ3v) is 4.12. The largest absolute Gasteiger partial charge is 0.305 e. The van der Waals surface area contributed by atoms with E-state index >= 15 is 0 Å². The van der Waals surface area contributed by atoms with Gasteiger partial charge in [-0.1, -0.05) is 30.3 Å². The Morgan fingerprint density at radius 1 is 1.10 bits per heavy atom. The lowest BCUT2D eigenvalue weighted by Gasteiger charge is -2.08. The van der Waals surface area contributed by atoms with Crippen LogP contribution >= 0.6 is 0 Å². The summed E-state index contributed by atoms with van der Waals surface area (Å²) in [6.45, 7) is 0. The minimum Gasteiger partial charge on any atom is -0.305 e. The summed E-state index contributed by atoms with van der Waals surface area (Å²) in [5.74, 6) is -0.0458. The fraction of sp³-hybridized carbons (Fsp3) is 0.0714. The molecule has 5 nitrogen and oxygen atoms in total. The molecule has 0 aliphatic rings. The molecule has 0 bridgehead atoms. The number of anilines is 1. The zero-order chi connectivity index (χ0) is 14.0. The molecular formula is C14H13N3O2S. The smallest absolute Gasteiger partial charge is 0.236 e. The predicted octanol–water partition coefficient (Wildman–Crippen LogP) is 2.28. The molecule has 0 amide bonds. The first-order valence-corrected chi connectivity index (χ1v) is 7.75. The molecule has 0 radical (unpaired) electrons. The highest BCUT2D eigenvalue weighted by atomic mass is 32.2. The molecule has 2 heterocycles. The van der Waals surface area contributed by atoms with E-state index in [9.17, 15) is 8.42 Å². The van der Waals surface area contributed by atoms with Crippen LogP contribution in [0.5, 0.6) is 0 Å². The van der Waals surface area contributed by atoms with Gasteiger partial charge in [0.25, 0.3) is 0 Å². The average molecular weight is 287 g/mol. The van der Waals surface area contributed by atoms with Crippen LogP contribution < -0.4 is 4.72 Å². The van der Waals surface area contributed by atoms with Gasteiger partial charge in [0.1, 0.15) is 5.65 Å². The summed E-state index contributed by atoms with van der Waals surface area (Å²) in [7, 11) is -3.42. The van der Waals surface area contributed by atoms with Crippen molar-refractivity contribution >= 4 is 21.4 Å². The molecule has 0 saturated carbocycles. The van der Waals surface area contributed by atoms with E-state index in [-0.39, 0.29) is 5.75 Å². The first-order chi connectivity index (χ1) is 9.62. The van der Waals surface area contributed by atoms with Gasteiger partial charge in [-0.05, 0) is 17.7 Å². The number of hydrogen-bond donors (Lipinski definition) is 1. The fourth-order valence-electron chi connectivity index (χ4n) is 1.99. The number of fused-ring (bicyclic) bond motifs is 1. The van der Waals surface area contributed by atoms with Crippen LogP contribution in [-0.4, -0.2) is 17.8 Å². The summed E-state index contributed by atoms with van der Waals surface area (Å²) in [6.07, 6.45) is 5.13. The molecule has 6 heteroatoms. The maximum absolute atomic E-state index is 12.1. The zero-order valence-corrected chi connectivity index (χ0v) is 11.4. The van der Waals surface area contributed by atoms with Gasteiger partial charge in [0.15, 0.2) is 0 Å². The molecule has 0 atom stereocenters. The highest BCUT2D eigenvalue weighted by Crippen LogP contribution is 2.14. The van der Waals surface area contributed by atoms with E-state index in [1.807, 2.05) is 18.2 Å². The van der Waals surface area contributed by atoms with E-state index in [1.54, 1.807) is 47.3 Å². The normalized spacial score (nSPS) is 11.6. The second-order valence-electron chi connectivity index (χ2n) is 4.46. The van der Waals surface area contributed by atoms with Crippen molar-refractivity contribution in [1.82, 2.24) is 9.38 Å². The van der Waals surface area contributed by atoms with Gasteiger partial charge in [-0.2, -0.15) is 0 Å². The van der Waals surface area contributed by atoms with Crippen LogP contribution in [-0.2, 0) is 15.8 Å². The summed E-state index contributed by atoms with van der Waals surface area (Å²) in [5.41, 5.74) is 2.05. The molecule has 0 aliphatic heterocycles. The number of rotatable bonds is 4. The quantitative estimate of drug-likeness (QED) is 0.800. The first-order valence-electron chi connectivity index (χ1n) is 6.09. The minimum atomic E-state index is -3.42. The molecule has 0 fully saturated rings. The van der Waals surface area contributed by atoms with Gasteiger partial charge < -0.3 is 4.40 Å². The van der Waals surface area contributed by atoms with Crippen LogP contribution in [0.15, 0.2) is 61.1 Å². The Morgan fingerprint density at radius 2 is 1.90 bits per heavy atom. The van der Waals surface area contributed by atoms with Crippen molar-refractivity contribution in [3.05, 3.63) is 66.6 Å². The van der Waals surface area contributed by atoms with E-state index < -0.39 is 10.0 Å². The number of nitrogens with one attached hydrogen (secondary N) is 1. The van der Waals surface area contributed by atoms with E-state index in [2.05, 4.69) is 9.71 Å². The molecule has 0 aliphatic carbocycles. The molecular weight excluding hydrogens is 274 g/mol. The minimum absolute atomic E-state index is 0.0458. The molecule has 0 saturated heterocycles. The Hall–Kier alpha value is -2.34. The van der Waals surface area contributed by atoms with Crippen LogP contribution in [0.25, 0.3) is 5.65 Å². The summed E-state index contributed by atoms with van der Waals surface area (Å²) in [6, 6.07) is 12.5. The maximum atomic E-state index is 12.1. The first kappa shape index (κ1) is 12.7. The molecule has 20 heavy (non-hydrogen) atoms. The average Bonchev–Trinajstić information content (AvgIpc) is 2.86. The highest BCUT2D eigenvalue weighted by Gasteiger charge is 2.11. The molecule has 102 valence electrons. The molecule has 1 N–H and O–H groups in total. The third-order valence-electron chi connectivity index (χ3n) is 2.86. The molecule has 0 spiro atoms. The second kappa shape index (κ2) is 4.97. The topological polar surface area (TPSA) is 63.5 Å². The van der Waals surface area contributed by atoms with Gasteiger partial charge in [0, 0.05) is 18.6 Å². The Bertz CT molecular complexity index is 826. The SMILES string of the molecule is O=S(=O)(Cc1ccccc1)Nc1ccc2nccn2c1. The Balaban J connectivity index is 1.82. The fourth-order valence-corrected chi connectivity index (χ4v) is 3.17. The monoisotopic (exact) mass is 287 g/mol. The van der Waals surface area contributed by atoms with Gasteiger partial charge in [-0.15, -0.1) is 0 Å². The van der Waals surface area contributed by atoms with Crippen molar-refractivity contribution < 1.29 is 8.42 Å². The zero-order valence-electron chi connectivity index (χ0n) is 10.6. The van der Waals surface area contributed by atoms with Crippen LogP contribution in [0.2, 0.25) is 0 Å². The predicted molar refractivity (Wildman–Crippen MR) is 77.9 cm³/mol. The van der Waals surface area contributed by atoms with Crippen molar-refractivity contribution in [2.45, 2.75) is 5.75 Å². The van der Waals surface area contributed by atoms with Gasteiger partial charge >= 0.3 is 0 Å². The summed E-state index contributed by atoms with van der Waals surface area (Å²) in [4.78, 5) is 4.11. The number of aromatic nitrogens is 2. The lowest BCUT2D eigenvalue weighted by molar-refractivity contribution is 0.600. The lowest BCUT2D eigenvalue weighted by atomic mass is 10.2. The van der Waals surface area contributed by atoms with Gasteiger partial charge in [-0.3, -0.25) is 4.72 Å². The van der Waals surface area contributed by atoms with Crippen molar-refractivity contribution in [1.29, 1.82) is 0 Å². The van der Waals surface area contributed by atoms with E-state index in [0.717, 1.165) is 11.2 Å². The molecule has 1 aromatic carbocycles. The van der Waals surface area contributed by atoms with E-state index in [4.69, 9.17) is 0 Å². The summed E-state index contributed by atoms with van der Waals surface area (Å²) >= 11 is 0. The molecule has 0 unspecified atom stereocenters. The van der Waals surface area contributed by atoms with Crippen molar-refractivity contribution in [2.24, 2.45) is 0 Å². The van der Waals surface area contributed by atoms with E-state index in [0.29, 0.717) is 5.69 Å². The maximum Gasteiger partial charge on any atom is 0.236 e. The van der Waals surface area contributed by atoms with Crippen LogP contribution in [0.3, 0.4) is 0 Å². The summed E-state index contributed by atoms with van der Waals surface area (Å²) in [5, 5.41) is 0. The molecule has 3 rings (SSSR count). The van der Waals surface area contributed by atoms with Crippen LogP contribution in [0.1, 0.15) is 5.56 Å². The third kappa shape index (κ3) is 2.80. The molecule has 3 aromatic rings. The van der Waals surface area contributed by atoms with Crippen molar-refractivity contribution in [2.75, 3.05) is 4.72 Å². The Labute approximate surface area is 117 Å². The standard InChI is InChI=1S/C14H13N3O2S/c18-20(19,11-12-4-2-1-3-5-12)16-13-6-7-14-15-8-9-17(14)10-13/h1-10,16H,11H2. The second-order valence-corrected chi connectivity index (χ2v) is 6.18. The number of pyridine rings is 1. The van der Waals surface area contributed by atoms with Crippen LogP contribution in [0, 0.1) is 0 Å². The van der Waals surface area contributed by atoms with Gasteiger partial charge in [0.05, 0.1) is 11.4 Å². The number of hydrogen-bond acceptors (Lipinski definition) is 3. The summed E-state index contributed by atoms with van der Waals surface area (Å²) < 4.78 is 28.6.